The number of ether oxygens (including phenoxy) is 1. The lowest BCUT2D eigenvalue weighted by Gasteiger charge is -2.19. The number of methoxy groups -OCH3 is 1. The molecule has 13 nitrogen and oxygen atoms in total. The Balaban J connectivity index is 1.46. The number of primary amides is 1. The van der Waals surface area contributed by atoms with Crippen LogP contribution in [0.25, 0.3) is 22.9 Å². The van der Waals surface area contributed by atoms with Gasteiger partial charge in [0.05, 0.1) is 24.5 Å². The first kappa shape index (κ1) is 30.5. The summed E-state index contributed by atoms with van der Waals surface area (Å²) in [5, 5.41) is 25.7. The van der Waals surface area contributed by atoms with Gasteiger partial charge in [-0.3, -0.25) is 14.9 Å². The molecule has 0 aliphatic rings. The zero-order valence-electron chi connectivity index (χ0n) is 23.8. The van der Waals surface area contributed by atoms with Crippen molar-refractivity contribution in [3.63, 3.8) is 0 Å². The van der Waals surface area contributed by atoms with Gasteiger partial charge in [0.15, 0.2) is 5.69 Å². The Morgan fingerprint density at radius 2 is 1.80 bits per heavy atom. The van der Waals surface area contributed by atoms with Gasteiger partial charge in [0.1, 0.15) is 6.33 Å². The summed E-state index contributed by atoms with van der Waals surface area (Å²) in [5.41, 5.74) is 9.64. The number of nitrogens with one attached hydrogen (secondary N) is 2. The van der Waals surface area contributed by atoms with Crippen LogP contribution < -0.4 is 16.4 Å². The number of hydrogen-bond acceptors (Lipinski definition) is 9. The highest BCUT2D eigenvalue weighted by molar-refractivity contribution is 6.30. The van der Waals surface area contributed by atoms with Gasteiger partial charge in [-0.25, -0.2) is 4.79 Å². The number of nitrogens with zero attached hydrogens (tertiary/aromatic N) is 6. The molecule has 2 heterocycles. The van der Waals surface area contributed by atoms with Crippen molar-refractivity contribution >= 4 is 41.3 Å². The Hall–Kier alpha value is -5.95. The van der Waals surface area contributed by atoms with Gasteiger partial charge in [-0.15, -0.1) is 10.2 Å². The second-order valence-corrected chi connectivity index (χ2v) is 10.1. The summed E-state index contributed by atoms with van der Waals surface area (Å²) in [4.78, 5) is 37.2. The molecule has 5 aromatic rings. The maximum Gasteiger partial charge on any atom is 0.411 e. The molecule has 226 valence electrons. The minimum atomic E-state index is -0.771. The van der Waals surface area contributed by atoms with Crippen molar-refractivity contribution in [2.45, 2.75) is 12.5 Å². The Labute approximate surface area is 262 Å². The third-order valence-corrected chi connectivity index (χ3v) is 6.86. The number of amides is 3. The lowest BCUT2D eigenvalue weighted by Crippen LogP contribution is -2.30. The minimum Gasteiger partial charge on any atom is -0.453 e. The smallest absolute Gasteiger partial charge is 0.411 e. The fourth-order valence-electron chi connectivity index (χ4n) is 4.48. The molecular formula is C31H26ClN9O4. The number of benzene rings is 3. The Bertz CT molecular complexity index is 1850. The molecule has 1 atom stereocenters. The van der Waals surface area contributed by atoms with Gasteiger partial charge in [-0.05, 0) is 70.4 Å². The lowest BCUT2D eigenvalue weighted by molar-refractivity contribution is -0.117. The number of anilines is 1. The fraction of sp³-hybridized carbons (Fsp3) is 0.0968. The predicted molar refractivity (Wildman–Crippen MR) is 166 cm³/mol. The Morgan fingerprint density at radius 1 is 1.02 bits per heavy atom. The summed E-state index contributed by atoms with van der Waals surface area (Å²) >= 11 is 6.22. The summed E-state index contributed by atoms with van der Waals surface area (Å²) in [7, 11) is 1.26. The summed E-state index contributed by atoms with van der Waals surface area (Å²) in [6, 6.07) is 22.4. The largest absolute Gasteiger partial charge is 0.453 e. The van der Waals surface area contributed by atoms with E-state index in [-0.39, 0.29) is 5.69 Å². The molecule has 5 rings (SSSR count). The number of carbonyl (C=O) groups is 3. The first-order valence-electron chi connectivity index (χ1n) is 13.5. The molecule has 0 bridgehead atoms. The number of aromatic nitrogens is 6. The van der Waals surface area contributed by atoms with Gasteiger partial charge in [-0.1, -0.05) is 54.1 Å². The third-order valence-electron chi connectivity index (χ3n) is 6.63. The van der Waals surface area contributed by atoms with E-state index in [0.717, 1.165) is 5.56 Å². The van der Waals surface area contributed by atoms with Crippen LogP contribution in [-0.4, -0.2) is 55.4 Å². The van der Waals surface area contributed by atoms with Gasteiger partial charge in [0.2, 0.25) is 5.91 Å². The van der Waals surface area contributed by atoms with Gasteiger partial charge in [0.25, 0.3) is 5.91 Å². The summed E-state index contributed by atoms with van der Waals surface area (Å²) < 4.78 is 6.09. The van der Waals surface area contributed by atoms with Crippen molar-refractivity contribution in [2.75, 3.05) is 12.4 Å². The number of rotatable bonds is 10. The normalized spacial score (nSPS) is 11.6. The number of halogens is 1. The topological polar surface area (TPSA) is 180 Å². The van der Waals surface area contributed by atoms with E-state index >= 15 is 0 Å². The average Bonchev–Trinajstić information content (AvgIpc) is 3.59. The van der Waals surface area contributed by atoms with Crippen LogP contribution in [0.15, 0.2) is 91.3 Å². The number of tetrazole rings is 1. The van der Waals surface area contributed by atoms with Crippen LogP contribution in [0.2, 0.25) is 5.02 Å². The highest BCUT2D eigenvalue weighted by Gasteiger charge is 2.21. The van der Waals surface area contributed by atoms with Gasteiger partial charge in [-0.2, -0.15) is 9.78 Å². The second kappa shape index (κ2) is 14.0. The maximum absolute atomic E-state index is 13.3. The van der Waals surface area contributed by atoms with Crippen molar-refractivity contribution in [1.82, 2.24) is 35.7 Å². The maximum atomic E-state index is 13.3. The van der Waals surface area contributed by atoms with E-state index in [9.17, 15) is 14.4 Å². The van der Waals surface area contributed by atoms with E-state index in [1.807, 2.05) is 30.3 Å². The third kappa shape index (κ3) is 7.72. The number of nitrogens with two attached hydrogens (primary N) is 1. The lowest BCUT2D eigenvalue weighted by atomic mass is 9.98. The molecule has 1 unspecified atom stereocenters. The highest BCUT2D eigenvalue weighted by atomic mass is 35.5. The zero-order chi connectivity index (χ0) is 31.8. The molecule has 3 aromatic carbocycles. The molecule has 4 N–H and O–H groups in total. The molecule has 2 aromatic heterocycles. The second-order valence-electron chi connectivity index (χ2n) is 9.63. The fourth-order valence-corrected chi connectivity index (χ4v) is 4.67. The zero-order valence-corrected chi connectivity index (χ0v) is 24.5. The molecule has 0 radical (unpaired) electrons. The van der Waals surface area contributed by atoms with E-state index in [0.29, 0.717) is 45.2 Å². The van der Waals surface area contributed by atoms with Crippen LogP contribution in [0.3, 0.4) is 0 Å². The number of carbonyl (C=O) groups excluding carboxylic acids is 3. The highest BCUT2D eigenvalue weighted by Crippen LogP contribution is 2.28. The summed E-state index contributed by atoms with van der Waals surface area (Å²) in [6.45, 7) is 0. The first-order chi connectivity index (χ1) is 21.8. The van der Waals surface area contributed by atoms with Crippen molar-refractivity contribution in [3.8, 4) is 16.8 Å². The van der Waals surface area contributed by atoms with Gasteiger partial charge >= 0.3 is 6.09 Å². The molecule has 0 saturated heterocycles. The summed E-state index contributed by atoms with van der Waals surface area (Å²) in [6.07, 6.45) is 4.17. The van der Waals surface area contributed by atoms with E-state index < -0.39 is 23.9 Å². The van der Waals surface area contributed by atoms with Crippen molar-refractivity contribution < 1.29 is 19.1 Å². The first-order valence-corrected chi connectivity index (χ1v) is 13.9. The quantitative estimate of drug-likeness (QED) is 0.192. The summed E-state index contributed by atoms with van der Waals surface area (Å²) in [5.74, 6) is -1.19. The molecule has 0 saturated carbocycles. The molecule has 0 fully saturated rings. The SMILES string of the molecule is COC(=O)Nc1ccc(-c2cc(C(Cc3ccccc3)NC(=O)/C=C/c3cc(Cl)ccc3-n3cnnn3)nnc2C(N)=O)cc1. The van der Waals surface area contributed by atoms with E-state index in [1.165, 1.54) is 24.2 Å². The minimum absolute atomic E-state index is 0.0480. The van der Waals surface area contributed by atoms with Gasteiger partial charge in [0, 0.05) is 27.9 Å². The average molecular weight is 624 g/mol. The predicted octanol–water partition coefficient (Wildman–Crippen LogP) is 4.16. The Morgan fingerprint density at radius 3 is 2.49 bits per heavy atom. The molecule has 45 heavy (non-hydrogen) atoms. The van der Waals surface area contributed by atoms with E-state index in [2.05, 4.69) is 41.1 Å². The van der Waals surface area contributed by atoms with Crippen LogP contribution in [0.1, 0.15) is 33.4 Å². The van der Waals surface area contributed by atoms with Crippen LogP contribution in [-0.2, 0) is 16.0 Å². The molecule has 3 amide bonds. The van der Waals surface area contributed by atoms with Crippen LogP contribution in [0, 0.1) is 0 Å². The van der Waals surface area contributed by atoms with E-state index in [1.54, 1.807) is 54.6 Å². The molecule has 0 spiro atoms. The monoisotopic (exact) mass is 623 g/mol. The van der Waals surface area contributed by atoms with Crippen molar-refractivity contribution in [3.05, 3.63) is 119 Å². The van der Waals surface area contributed by atoms with Crippen LogP contribution in [0.4, 0.5) is 10.5 Å². The molecule has 0 aliphatic heterocycles. The van der Waals surface area contributed by atoms with Crippen molar-refractivity contribution in [2.24, 2.45) is 5.73 Å². The number of hydrogen-bond donors (Lipinski definition) is 3. The standard InChI is InChI=1S/C31H26ClN9O4/c1-45-31(44)35-23-11-7-20(8-12-23)24-17-26(37-38-29(24)30(33)43)25(15-19-5-3-2-4-6-19)36-28(42)14-9-21-16-22(32)10-13-27(21)41-18-34-39-40-41/h2-14,16-18,25H,15H2,1H3,(H2,33,43)(H,35,44)(H,36,42)/b14-9+. The molecular weight excluding hydrogens is 598 g/mol. The van der Waals surface area contributed by atoms with E-state index in [4.69, 9.17) is 17.3 Å². The Kier molecular flexibility index (Phi) is 9.50. The van der Waals surface area contributed by atoms with Crippen molar-refractivity contribution in [1.29, 1.82) is 0 Å². The molecule has 14 heteroatoms. The molecule has 0 aliphatic carbocycles. The van der Waals surface area contributed by atoms with Gasteiger partial charge < -0.3 is 15.8 Å². The van der Waals surface area contributed by atoms with Crippen LogP contribution >= 0.6 is 11.6 Å². The van der Waals surface area contributed by atoms with Crippen LogP contribution in [0.5, 0.6) is 0 Å².